The molecule has 5 rings (SSSR count). The summed E-state index contributed by atoms with van der Waals surface area (Å²) < 4.78 is 42.5. The van der Waals surface area contributed by atoms with Gasteiger partial charge in [-0.05, 0) is 23.1 Å². The molecule has 5 nitrogen and oxygen atoms in total. The van der Waals surface area contributed by atoms with E-state index < -0.39 is 18.3 Å². The highest BCUT2D eigenvalue weighted by Crippen LogP contribution is 2.44. The Kier molecular flexibility index (Phi) is 4.72. The number of nitrogens with zero attached hydrogens (tertiary/aromatic N) is 3. The lowest BCUT2D eigenvalue weighted by molar-refractivity contribution is -0.173. The fourth-order valence-electron chi connectivity index (χ4n) is 4.46. The number of hydrogen-bond acceptors (Lipinski definition) is 3. The molecule has 1 N–H and O–H groups in total. The Balaban J connectivity index is 1.49. The highest BCUT2D eigenvalue weighted by molar-refractivity contribution is 5.99. The van der Waals surface area contributed by atoms with E-state index in [0.29, 0.717) is 13.1 Å². The SMILES string of the molecule is O=C(c1cnn2c1N[C@H](c1ccccc1)C[C@@H]2C(F)(F)F)N1CCc2ccccc2C1. The number of benzene rings is 2. The first-order valence-electron chi connectivity index (χ1n) is 10.2. The smallest absolute Gasteiger partial charge is 0.363 e. The van der Waals surface area contributed by atoms with Crippen molar-refractivity contribution < 1.29 is 18.0 Å². The minimum absolute atomic E-state index is 0.131. The molecule has 160 valence electrons. The maximum absolute atomic E-state index is 13.9. The zero-order valence-corrected chi connectivity index (χ0v) is 16.6. The molecule has 0 fully saturated rings. The third-order valence-corrected chi connectivity index (χ3v) is 6.09. The van der Waals surface area contributed by atoms with Crippen LogP contribution in [0.5, 0.6) is 0 Å². The van der Waals surface area contributed by atoms with Gasteiger partial charge >= 0.3 is 6.18 Å². The van der Waals surface area contributed by atoms with Gasteiger partial charge in [-0.2, -0.15) is 18.3 Å². The maximum Gasteiger partial charge on any atom is 0.410 e. The molecule has 3 aromatic rings. The van der Waals surface area contributed by atoms with Gasteiger partial charge in [0.25, 0.3) is 5.91 Å². The molecule has 2 aromatic carbocycles. The van der Waals surface area contributed by atoms with Gasteiger partial charge in [-0.3, -0.25) is 4.79 Å². The van der Waals surface area contributed by atoms with Crippen molar-refractivity contribution in [3.05, 3.63) is 83.0 Å². The molecule has 0 saturated heterocycles. The molecule has 1 amide bonds. The van der Waals surface area contributed by atoms with Crippen LogP contribution in [-0.2, 0) is 13.0 Å². The largest absolute Gasteiger partial charge is 0.410 e. The van der Waals surface area contributed by atoms with Crippen molar-refractivity contribution in [1.82, 2.24) is 14.7 Å². The van der Waals surface area contributed by atoms with Crippen molar-refractivity contribution in [1.29, 1.82) is 0 Å². The Labute approximate surface area is 177 Å². The Hall–Kier alpha value is -3.29. The van der Waals surface area contributed by atoms with Crippen LogP contribution in [0.1, 0.15) is 45.6 Å². The molecule has 8 heteroatoms. The molecule has 0 spiro atoms. The Bertz CT molecular complexity index is 1110. The first-order valence-corrected chi connectivity index (χ1v) is 10.2. The van der Waals surface area contributed by atoms with Crippen LogP contribution in [0.25, 0.3) is 0 Å². The number of aromatic nitrogens is 2. The monoisotopic (exact) mass is 426 g/mol. The summed E-state index contributed by atoms with van der Waals surface area (Å²) in [6.45, 7) is 0.954. The van der Waals surface area contributed by atoms with Gasteiger partial charge < -0.3 is 10.2 Å². The van der Waals surface area contributed by atoms with Crippen molar-refractivity contribution in [2.45, 2.75) is 37.6 Å². The molecular weight excluding hydrogens is 405 g/mol. The topological polar surface area (TPSA) is 50.2 Å². The molecular formula is C23H21F3N4O. The molecule has 3 heterocycles. The van der Waals surface area contributed by atoms with Gasteiger partial charge in [0, 0.05) is 19.5 Å². The molecule has 0 bridgehead atoms. The van der Waals surface area contributed by atoms with E-state index in [1.807, 2.05) is 30.3 Å². The van der Waals surface area contributed by atoms with E-state index in [1.54, 1.807) is 29.2 Å². The molecule has 2 atom stereocenters. The summed E-state index contributed by atoms with van der Waals surface area (Å²) >= 11 is 0. The molecule has 2 aliphatic rings. The second-order valence-corrected chi connectivity index (χ2v) is 8.00. The van der Waals surface area contributed by atoms with Crippen LogP contribution in [0.2, 0.25) is 0 Å². The lowest BCUT2D eigenvalue weighted by atomic mass is 9.96. The number of carbonyl (C=O) groups excluding carboxylic acids is 1. The summed E-state index contributed by atoms with van der Waals surface area (Å²) in [4.78, 5) is 15.0. The Morgan fingerprint density at radius 1 is 1.03 bits per heavy atom. The minimum Gasteiger partial charge on any atom is -0.363 e. The van der Waals surface area contributed by atoms with E-state index in [-0.39, 0.29) is 23.7 Å². The molecule has 31 heavy (non-hydrogen) atoms. The van der Waals surface area contributed by atoms with Crippen molar-refractivity contribution >= 4 is 11.7 Å². The third-order valence-electron chi connectivity index (χ3n) is 6.09. The summed E-state index contributed by atoms with van der Waals surface area (Å²) in [5, 5.41) is 7.14. The normalized spacial score (nSPS) is 20.5. The summed E-state index contributed by atoms with van der Waals surface area (Å²) in [6.07, 6.45) is -2.68. The van der Waals surface area contributed by atoms with Crippen LogP contribution in [0.4, 0.5) is 19.0 Å². The van der Waals surface area contributed by atoms with E-state index in [2.05, 4.69) is 10.4 Å². The fourth-order valence-corrected chi connectivity index (χ4v) is 4.46. The first-order chi connectivity index (χ1) is 14.9. The van der Waals surface area contributed by atoms with Crippen molar-refractivity contribution in [2.75, 3.05) is 11.9 Å². The van der Waals surface area contributed by atoms with Gasteiger partial charge in [0.15, 0.2) is 6.04 Å². The highest BCUT2D eigenvalue weighted by Gasteiger charge is 2.47. The number of halogens is 3. The highest BCUT2D eigenvalue weighted by atomic mass is 19.4. The van der Waals surface area contributed by atoms with Crippen LogP contribution < -0.4 is 5.32 Å². The predicted octanol–water partition coefficient (Wildman–Crippen LogP) is 4.74. The standard InChI is InChI=1S/C23H21F3N4O/c24-23(25,26)20-12-19(16-7-2-1-3-8-16)28-21-18(13-27-30(20)21)22(31)29-11-10-15-6-4-5-9-17(15)14-29/h1-9,13,19-20,28H,10-12,14H2/t19-,20+/m0/s1. The molecule has 0 radical (unpaired) electrons. The number of anilines is 1. The van der Waals surface area contributed by atoms with Gasteiger partial charge in [-0.25, -0.2) is 4.68 Å². The van der Waals surface area contributed by atoms with Crippen molar-refractivity contribution in [3.63, 3.8) is 0 Å². The lowest BCUT2D eigenvalue weighted by Crippen LogP contribution is -2.38. The minimum atomic E-state index is -4.47. The quantitative estimate of drug-likeness (QED) is 0.644. The number of alkyl halides is 3. The number of rotatable bonds is 2. The number of carbonyl (C=O) groups is 1. The van der Waals surface area contributed by atoms with E-state index >= 15 is 0 Å². The molecule has 0 aliphatic carbocycles. The van der Waals surface area contributed by atoms with Gasteiger partial charge in [-0.1, -0.05) is 54.6 Å². The van der Waals surface area contributed by atoms with Crippen LogP contribution in [0.3, 0.4) is 0 Å². The Morgan fingerprint density at radius 3 is 2.48 bits per heavy atom. The molecule has 0 unspecified atom stereocenters. The summed E-state index contributed by atoms with van der Waals surface area (Å²) in [5.74, 6) is -0.177. The van der Waals surface area contributed by atoms with Crippen LogP contribution in [0, 0.1) is 0 Å². The summed E-state index contributed by atoms with van der Waals surface area (Å²) in [6, 6.07) is 14.5. The fraction of sp³-hybridized carbons (Fsp3) is 0.304. The van der Waals surface area contributed by atoms with Gasteiger partial charge in [0.1, 0.15) is 11.4 Å². The summed E-state index contributed by atoms with van der Waals surface area (Å²) in [5.41, 5.74) is 3.18. The van der Waals surface area contributed by atoms with Crippen LogP contribution in [0.15, 0.2) is 60.8 Å². The first kappa shape index (κ1) is 19.7. The van der Waals surface area contributed by atoms with E-state index in [9.17, 15) is 18.0 Å². The molecule has 1 aromatic heterocycles. The molecule has 2 aliphatic heterocycles. The zero-order valence-electron chi connectivity index (χ0n) is 16.6. The third kappa shape index (κ3) is 3.56. The van der Waals surface area contributed by atoms with E-state index in [0.717, 1.165) is 22.2 Å². The average Bonchev–Trinajstić information content (AvgIpc) is 3.21. The van der Waals surface area contributed by atoms with E-state index in [4.69, 9.17) is 0 Å². The van der Waals surface area contributed by atoms with Crippen LogP contribution >= 0.6 is 0 Å². The van der Waals surface area contributed by atoms with Crippen LogP contribution in [-0.4, -0.2) is 33.3 Å². The number of fused-ring (bicyclic) bond motifs is 2. The maximum atomic E-state index is 13.9. The zero-order chi connectivity index (χ0) is 21.6. The lowest BCUT2D eigenvalue weighted by Gasteiger charge is -2.34. The van der Waals surface area contributed by atoms with E-state index in [1.165, 1.54) is 11.8 Å². The van der Waals surface area contributed by atoms with Crippen molar-refractivity contribution in [2.24, 2.45) is 0 Å². The van der Waals surface area contributed by atoms with Gasteiger partial charge in [0.05, 0.1) is 12.2 Å². The van der Waals surface area contributed by atoms with Crippen molar-refractivity contribution in [3.8, 4) is 0 Å². The summed E-state index contributed by atoms with van der Waals surface area (Å²) in [7, 11) is 0. The number of nitrogens with one attached hydrogen (secondary N) is 1. The predicted molar refractivity (Wildman–Crippen MR) is 110 cm³/mol. The van der Waals surface area contributed by atoms with Gasteiger partial charge in [0.2, 0.25) is 0 Å². The number of amides is 1. The Morgan fingerprint density at radius 2 is 1.74 bits per heavy atom. The number of hydrogen-bond donors (Lipinski definition) is 1. The molecule has 0 saturated carbocycles. The average molecular weight is 426 g/mol. The second-order valence-electron chi connectivity index (χ2n) is 8.00. The van der Waals surface area contributed by atoms with Gasteiger partial charge in [-0.15, -0.1) is 0 Å². The second kappa shape index (κ2) is 7.44.